The molecule has 5 heteroatoms. The second-order valence-electron chi connectivity index (χ2n) is 19.7. The predicted octanol–water partition coefficient (Wildman–Crippen LogP) is 20.8. The van der Waals surface area contributed by atoms with Gasteiger partial charge in [-0.15, -0.1) is 0 Å². The Balaban J connectivity index is 3.55. The van der Waals surface area contributed by atoms with Crippen molar-refractivity contribution in [3.8, 4) is 0 Å². The summed E-state index contributed by atoms with van der Waals surface area (Å²) in [5.74, 6) is -0.602. The molecule has 0 rings (SSSR count). The number of aliphatic hydroxyl groups excluding tert-OH is 1. The first kappa shape index (κ1) is 69.0. The van der Waals surface area contributed by atoms with Crippen LogP contribution in [-0.4, -0.2) is 36.4 Å². The minimum absolute atomic E-state index is 0.0751. The maximum atomic E-state index is 12.3. The predicted molar refractivity (Wildman–Crippen MR) is 320 cm³/mol. The molecule has 5 nitrogen and oxygen atoms in total. The van der Waals surface area contributed by atoms with Crippen LogP contribution >= 0.6 is 0 Å². The highest BCUT2D eigenvalue weighted by Crippen LogP contribution is 2.15. The van der Waals surface area contributed by atoms with Gasteiger partial charge in [0.05, 0.1) is 6.61 Å². The third-order valence-electron chi connectivity index (χ3n) is 12.7. The molecule has 0 heterocycles. The number of esters is 2. The van der Waals surface area contributed by atoms with E-state index >= 15 is 0 Å². The van der Waals surface area contributed by atoms with Crippen molar-refractivity contribution in [2.24, 2.45) is 0 Å². The first-order valence-electron chi connectivity index (χ1n) is 30.2. The van der Waals surface area contributed by atoms with Gasteiger partial charge in [0.25, 0.3) is 0 Å². The summed E-state index contributed by atoms with van der Waals surface area (Å²) in [6.07, 6.45) is 92.9. The molecular formula is C68H112O5. The van der Waals surface area contributed by atoms with Crippen LogP contribution in [0.25, 0.3) is 0 Å². The second-order valence-corrected chi connectivity index (χ2v) is 19.7. The molecule has 0 aliphatic carbocycles. The number of unbranched alkanes of at least 4 members (excludes halogenated alkanes) is 24. The smallest absolute Gasteiger partial charge is 0.306 e. The van der Waals surface area contributed by atoms with Gasteiger partial charge in [-0.2, -0.15) is 0 Å². The molecule has 0 amide bonds. The zero-order chi connectivity index (χ0) is 52.7. The molecule has 0 aromatic rings. The maximum Gasteiger partial charge on any atom is 0.306 e. The Morgan fingerprint density at radius 3 is 0.890 bits per heavy atom. The molecule has 414 valence electrons. The summed E-state index contributed by atoms with van der Waals surface area (Å²) in [5, 5.41) is 9.65. The van der Waals surface area contributed by atoms with Gasteiger partial charge in [-0.3, -0.25) is 9.59 Å². The fourth-order valence-electron chi connectivity index (χ4n) is 8.17. The van der Waals surface area contributed by atoms with Crippen molar-refractivity contribution in [1.29, 1.82) is 0 Å². The van der Waals surface area contributed by atoms with Gasteiger partial charge in [0.15, 0.2) is 6.10 Å². The summed E-state index contributed by atoms with van der Waals surface area (Å²) in [5.41, 5.74) is 0. The van der Waals surface area contributed by atoms with E-state index in [1.807, 2.05) is 0 Å². The Bertz CT molecular complexity index is 1520. The summed E-state index contributed by atoms with van der Waals surface area (Å²) in [6.45, 7) is 4.01. The van der Waals surface area contributed by atoms with Crippen LogP contribution in [0.1, 0.15) is 264 Å². The molecule has 0 saturated carbocycles. The van der Waals surface area contributed by atoms with Crippen molar-refractivity contribution < 1.29 is 24.2 Å². The lowest BCUT2D eigenvalue weighted by atomic mass is 10.0. The number of carbonyl (C=O) groups excluding carboxylic acids is 2. The second kappa shape index (κ2) is 62.3. The van der Waals surface area contributed by atoms with E-state index in [1.54, 1.807) is 0 Å². The highest BCUT2D eigenvalue weighted by molar-refractivity contribution is 5.70. The van der Waals surface area contributed by atoms with Gasteiger partial charge >= 0.3 is 11.9 Å². The van der Waals surface area contributed by atoms with Crippen molar-refractivity contribution >= 4 is 11.9 Å². The molecule has 0 fully saturated rings. The summed E-state index contributed by atoms with van der Waals surface area (Å²) in [7, 11) is 0. The molecule has 0 aromatic carbocycles. The third kappa shape index (κ3) is 60.5. The first-order chi connectivity index (χ1) is 36.1. The van der Waals surface area contributed by atoms with Crippen molar-refractivity contribution in [3.63, 3.8) is 0 Å². The molecular weight excluding hydrogens is 897 g/mol. The molecule has 0 radical (unpaired) electrons. The minimum atomic E-state index is -0.784. The number of hydrogen-bond donors (Lipinski definition) is 1. The molecule has 0 spiro atoms. The quantitative estimate of drug-likeness (QED) is 0.0373. The standard InChI is InChI=1S/C68H112O5/c1-3-5-7-9-11-13-15-17-19-21-23-24-25-26-27-28-29-30-31-32-33-34-35-36-37-38-39-40-41-42-43-44-45-47-49-51-53-55-57-59-61-63-68(71)73-66(64-69)65-72-67(70)62-60-58-56-54-52-50-48-46-22-20-18-16-14-12-10-8-6-4-2/h5,7,11,13-14,16-17,19-20,22-24,26-27,29-30,32-33,35-36,38-39,66,69H,3-4,6,8-10,12,15,18,21,25,28,31,34,37,40-65H2,1-2H3/b7-5-,13-11-,16-14-,19-17-,22-20-,24-23-,27-26-,30-29-,33-32-,36-35-,39-38-. The van der Waals surface area contributed by atoms with Crippen LogP contribution in [0.3, 0.4) is 0 Å². The first-order valence-corrected chi connectivity index (χ1v) is 30.2. The van der Waals surface area contributed by atoms with Crippen LogP contribution in [0.5, 0.6) is 0 Å². The van der Waals surface area contributed by atoms with E-state index in [2.05, 4.69) is 148 Å². The molecule has 73 heavy (non-hydrogen) atoms. The SMILES string of the molecule is CC/C=C\C/C=C\C/C=C\C/C=C\C/C=C\C/C=C\C/C=C\C/C=C\C/C=C\CCCCCCCCCCCCCCCC(=O)OC(CO)COC(=O)CCCCCCCCC/C=C\C/C=C\CCCCCC. The normalized spacial score (nSPS) is 13.2. The molecule has 0 aromatic heterocycles. The Labute approximate surface area is 451 Å². The molecule has 1 atom stereocenters. The molecule has 1 unspecified atom stereocenters. The lowest BCUT2D eigenvalue weighted by molar-refractivity contribution is -0.161. The zero-order valence-electron chi connectivity index (χ0n) is 47.4. The highest BCUT2D eigenvalue weighted by Gasteiger charge is 2.16. The van der Waals surface area contributed by atoms with Gasteiger partial charge in [-0.1, -0.05) is 270 Å². The summed E-state index contributed by atoms with van der Waals surface area (Å²) in [6, 6.07) is 0. The zero-order valence-corrected chi connectivity index (χ0v) is 47.4. The Morgan fingerprint density at radius 1 is 0.329 bits per heavy atom. The number of aliphatic hydroxyl groups is 1. The molecule has 0 aliphatic rings. The maximum absolute atomic E-state index is 12.3. The lowest BCUT2D eigenvalue weighted by Gasteiger charge is -2.15. The van der Waals surface area contributed by atoms with Crippen molar-refractivity contribution in [2.75, 3.05) is 13.2 Å². The van der Waals surface area contributed by atoms with Crippen LogP contribution in [0.15, 0.2) is 134 Å². The van der Waals surface area contributed by atoms with E-state index in [0.717, 1.165) is 109 Å². The van der Waals surface area contributed by atoms with Crippen molar-refractivity contribution in [3.05, 3.63) is 134 Å². The lowest BCUT2D eigenvalue weighted by Crippen LogP contribution is -2.28. The van der Waals surface area contributed by atoms with Gasteiger partial charge in [-0.05, 0) is 116 Å². The monoisotopic (exact) mass is 1010 g/mol. The van der Waals surface area contributed by atoms with Crippen molar-refractivity contribution in [2.45, 2.75) is 270 Å². The van der Waals surface area contributed by atoms with E-state index in [-0.39, 0.29) is 25.2 Å². The Hall–Kier alpha value is -3.96. The average Bonchev–Trinajstić information content (AvgIpc) is 3.39. The summed E-state index contributed by atoms with van der Waals surface area (Å²) < 4.78 is 10.7. The number of hydrogen-bond acceptors (Lipinski definition) is 5. The molecule has 0 bridgehead atoms. The van der Waals surface area contributed by atoms with E-state index in [4.69, 9.17) is 9.47 Å². The van der Waals surface area contributed by atoms with Crippen LogP contribution < -0.4 is 0 Å². The molecule has 0 saturated heterocycles. The Kier molecular flexibility index (Phi) is 59.0. The number of rotatable bonds is 54. The van der Waals surface area contributed by atoms with E-state index < -0.39 is 6.10 Å². The van der Waals surface area contributed by atoms with Crippen LogP contribution in [-0.2, 0) is 19.1 Å². The fourth-order valence-corrected chi connectivity index (χ4v) is 8.17. The fraction of sp³-hybridized carbons (Fsp3) is 0.647. The largest absolute Gasteiger partial charge is 0.462 e. The van der Waals surface area contributed by atoms with Gasteiger partial charge < -0.3 is 14.6 Å². The van der Waals surface area contributed by atoms with E-state index in [9.17, 15) is 14.7 Å². The molecule has 1 N–H and O–H groups in total. The van der Waals surface area contributed by atoms with Crippen LogP contribution in [0.2, 0.25) is 0 Å². The van der Waals surface area contributed by atoms with Crippen molar-refractivity contribution in [1.82, 2.24) is 0 Å². The van der Waals surface area contributed by atoms with Gasteiger partial charge in [0, 0.05) is 12.8 Å². The van der Waals surface area contributed by atoms with Gasteiger partial charge in [-0.25, -0.2) is 0 Å². The third-order valence-corrected chi connectivity index (χ3v) is 12.7. The molecule has 0 aliphatic heterocycles. The average molecular weight is 1010 g/mol. The van der Waals surface area contributed by atoms with E-state index in [0.29, 0.717) is 12.8 Å². The number of carbonyl (C=O) groups is 2. The van der Waals surface area contributed by atoms with Crippen LogP contribution in [0.4, 0.5) is 0 Å². The number of allylic oxidation sites excluding steroid dienone is 22. The van der Waals surface area contributed by atoms with E-state index in [1.165, 1.54) is 128 Å². The highest BCUT2D eigenvalue weighted by atomic mass is 16.6. The minimum Gasteiger partial charge on any atom is -0.462 e. The summed E-state index contributed by atoms with van der Waals surface area (Å²) >= 11 is 0. The summed E-state index contributed by atoms with van der Waals surface area (Å²) in [4.78, 5) is 24.5. The van der Waals surface area contributed by atoms with Gasteiger partial charge in [0.2, 0.25) is 0 Å². The number of ether oxygens (including phenoxy) is 2. The van der Waals surface area contributed by atoms with Crippen LogP contribution in [0, 0.1) is 0 Å². The Morgan fingerprint density at radius 2 is 0.589 bits per heavy atom. The topological polar surface area (TPSA) is 72.8 Å². The van der Waals surface area contributed by atoms with Gasteiger partial charge in [0.1, 0.15) is 6.61 Å².